The first-order valence-electron chi connectivity index (χ1n) is 9.52. The maximum absolute atomic E-state index is 13.0. The largest absolute Gasteiger partial charge is 0.455 e. The summed E-state index contributed by atoms with van der Waals surface area (Å²) in [4.78, 5) is 39.0. The lowest BCUT2D eigenvalue weighted by Crippen LogP contribution is -2.45. The van der Waals surface area contributed by atoms with Gasteiger partial charge >= 0.3 is 5.97 Å². The molecule has 28 heavy (non-hydrogen) atoms. The Morgan fingerprint density at radius 2 is 1.68 bits per heavy atom. The van der Waals surface area contributed by atoms with Crippen LogP contribution in [0.4, 0.5) is 11.4 Å². The summed E-state index contributed by atoms with van der Waals surface area (Å²) >= 11 is 0. The lowest BCUT2D eigenvalue weighted by atomic mass is 9.79. The summed E-state index contributed by atoms with van der Waals surface area (Å²) in [5.74, 6) is -1.04. The van der Waals surface area contributed by atoms with Crippen LogP contribution in [0.25, 0.3) is 0 Å². The molecule has 0 bridgehead atoms. The third kappa shape index (κ3) is 3.26. The molecular weight excluding hydrogens is 356 g/mol. The molecule has 1 fully saturated rings. The van der Waals surface area contributed by atoms with Crippen molar-refractivity contribution in [1.82, 2.24) is 0 Å². The van der Waals surface area contributed by atoms with Crippen LogP contribution in [0.2, 0.25) is 0 Å². The van der Waals surface area contributed by atoms with E-state index in [4.69, 9.17) is 4.74 Å². The summed E-state index contributed by atoms with van der Waals surface area (Å²) in [7, 11) is 0. The number of rotatable bonds is 4. The van der Waals surface area contributed by atoms with Gasteiger partial charge in [-0.2, -0.15) is 0 Å². The third-order valence-corrected chi connectivity index (χ3v) is 5.57. The Bertz CT molecular complexity index is 904. The quantitative estimate of drug-likeness (QED) is 0.830. The number of hydrogen-bond acceptors (Lipinski definition) is 4. The smallest absolute Gasteiger partial charge is 0.317 e. The second-order valence-electron chi connectivity index (χ2n) is 7.28. The van der Waals surface area contributed by atoms with Crippen molar-refractivity contribution in [2.24, 2.45) is 0 Å². The fourth-order valence-corrected chi connectivity index (χ4v) is 4.15. The number of amides is 2. The van der Waals surface area contributed by atoms with Crippen LogP contribution in [0, 0.1) is 0 Å². The number of carbonyl (C=O) groups is 3. The zero-order valence-corrected chi connectivity index (χ0v) is 15.5. The van der Waals surface area contributed by atoms with Crippen molar-refractivity contribution in [2.45, 2.75) is 31.1 Å². The molecule has 0 spiro atoms. The summed E-state index contributed by atoms with van der Waals surface area (Å²) in [5.41, 5.74) is 1.45. The predicted molar refractivity (Wildman–Crippen MR) is 105 cm³/mol. The van der Waals surface area contributed by atoms with E-state index in [2.05, 4.69) is 5.32 Å². The summed E-state index contributed by atoms with van der Waals surface area (Å²) in [6.45, 7) is -0.466. The summed E-state index contributed by atoms with van der Waals surface area (Å²) in [5, 5.41) is 2.74. The van der Waals surface area contributed by atoms with Gasteiger partial charge in [-0.1, -0.05) is 55.3 Å². The molecule has 0 aromatic heterocycles. The standard InChI is InChI=1S/C22H22N2O4/c25-19-14-24(18-11-5-4-10-17(18)23-19)20(26)15-28-21(27)22(12-6-7-13-22)16-8-2-1-3-9-16/h1-5,8-11H,6-7,12-15H2,(H,23,25). The first-order valence-corrected chi connectivity index (χ1v) is 9.52. The van der Waals surface area contributed by atoms with Gasteiger partial charge in [-0.25, -0.2) is 0 Å². The van der Waals surface area contributed by atoms with Crippen molar-refractivity contribution in [1.29, 1.82) is 0 Å². The van der Waals surface area contributed by atoms with E-state index in [9.17, 15) is 14.4 Å². The molecule has 0 atom stereocenters. The van der Waals surface area contributed by atoms with Crippen molar-refractivity contribution in [2.75, 3.05) is 23.4 Å². The highest BCUT2D eigenvalue weighted by Crippen LogP contribution is 2.42. The van der Waals surface area contributed by atoms with Crippen LogP contribution in [-0.4, -0.2) is 30.9 Å². The van der Waals surface area contributed by atoms with Gasteiger partial charge in [0.2, 0.25) is 5.91 Å². The minimum absolute atomic E-state index is 0.0861. The molecule has 0 saturated heterocycles. The number of para-hydroxylation sites is 2. The molecule has 6 heteroatoms. The van der Waals surface area contributed by atoms with E-state index in [1.54, 1.807) is 24.3 Å². The van der Waals surface area contributed by atoms with E-state index in [1.807, 2.05) is 30.3 Å². The van der Waals surface area contributed by atoms with Crippen molar-refractivity contribution in [3.8, 4) is 0 Å². The van der Waals surface area contributed by atoms with Gasteiger partial charge in [0, 0.05) is 0 Å². The maximum atomic E-state index is 13.0. The highest BCUT2D eigenvalue weighted by Gasteiger charge is 2.44. The minimum Gasteiger partial charge on any atom is -0.455 e. The summed E-state index contributed by atoms with van der Waals surface area (Å²) in [6.07, 6.45) is 3.35. The number of esters is 1. The fraction of sp³-hybridized carbons (Fsp3) is 0.318. The van der Waals surface area contributed by atoms with Gasteiger partial charge in [-0.15, -0.1) is 0 Å². The van der Waals surface area contributed by atoms with Crippen LogP contribution >= 0.6 is 0 Å². The molecule has 1 aliphatic carbocycles. The van der Waals surface area contributed by atoms with Crippen molar-refractivity contribution >= 4 is 29.2 Å². The SMILES string of the molecule is O=C1CN(C(=O)COC(=O)C2(c3ccccc3)CCCC2)c2ccccc2N1. The average molecular weight is 378 g/mol. The van der Waals surface area contributed by atoms with E-state index >= 15 is 0 Å². The first kappa shape index (κ1) is 18.2. The Morgan fingerprint density at radius 3 is 2.43 bits per heavy atom. The number of ether oxygens (including phenoxy) is 1. The highest BCUT2D eigenvalue weighted by atomic mass is 16.5. The second kappa shape index (κ2) is 7.46. The van der Waals surface area contributed by atoms with E-state index in [0.29, 0.717) is 11.4 Å². The Labute approximate surface area is 163 Å². The topological polar surface area (TPSA) is 75.7 Å². The molecule has 2 amide bonds. The van der Waals surface area contributed by atoms with Crippen molar-refractivity contribution < 1.29 is 19.1 Å². The van der Waals surface area contributed by atoms with E-state index in [-0.39, 0.29) is 25.0 Å². The number of carbonyl (C=O) groups excluding carboxylic acids is 3. The minimum atomic E-state index is -0.682. The van der Waals surface area contributed by atoms with Gasteiger partial charge in [0.15, 0.2) is 6.61 Å². The van der Waals surface area contributed by atoms with Crippen LogP contribution < -0.4 is 10.2 Å². The van der Waals surface area contributed by atoms with Gasteiger partial charge in [-0.05, 0) is 30.5 Å². The van der Waals surface area contributed by atoms with Crippen LogP contribution in [0.5, 0.6) is 0 Å². The highest BCUT2D eigenvalue weighted by molar-refractivity contribution is 6.10. The molecule has 2 aromatic rings. The number of fused-ring (bicyclic) bond motifs is 1. The van der Waals surface area contributed by atoms with E-state index in [0.717, 1.165) is 31.2 Å². The number of nitrogens with one attached hydrogen (secondary N) is 1. The van der Waals surface area contributed by atoms with Crippen LogP contribution in [0.3, 0.4) is 0 Å². The van der Waals surface area contributed by atoms with Gasteiger partial charge in [-0.3, -0.25) is 19.3 Å². The molecular formula is C22H22N2O4. The molecule has 4 rings (SSSR count). The lowest BCUT2D eigenvalue weighted by molar-refractivity contribution is -0.153. The second-order valence-corrected chi connectivity index (χ2v) is 7.28. The van der Waals surface area contributed by atoms with Gasteiger partial charge in [0.05, 0.1) is 16.8 Å². The molecule has 1 N–H and O–H groups in total. The van der Waals surface area contributed by atoms with E-state index in [1.165, 1.54) is 4.90 Å². The summed E-state index contributed by atoms with van der Waals surface area (Å²) < 4.78 is 5.49. The van der Waals surface area contributed by atoms with Crippen molar-refractivity contribution in [3.05, 3.63) is 60.2 Å². The molecule has 1 saturated carbocycles. The third-order valence-electron chi connectivity index (χ3n) is 5.57. The first-order chi connectivity index (χ1) is 13.6. The van der Waals surface area contributed by atoms with Crippen LogP contribution in [0.15, 0.2) is 54.6 Å². The molecule has 0 unspecified atom stereocenters. The lowest BCUT2D eigenvalue weighted by Gasteiger charge is -2.30. The number of benzene rings is 2. The van der Waals surface area contributed by atoms with E-state index < -0.39 is 11.3 Å². The Kier molecular flexibility index (Phi) is 4.86. The van der Waals surface area contributed by atoms with Crippen LogP contribution in [0.1, 0.15) is 31.2 Å². The number of anilines is 2. The molecule has 1 aliphatic heterocycles. The number of nitrogens with zero attached hydrogens (tertiary/aromatic N) is 1. The molecule has 6 nitrogen and oxygen atoms in total. The molecule has 144 valence electrons. The zero-order valence-electron chi connectivity index (χ0n) is 15.5. The Hall–Kier alpha value is -3.15. The normalized spacial score (nSPS) is 17.6. The van der Waals surface area contributed by atoms with Crippen molar-refractivity contribution in [3.63, 3.8) is 0 Å². The molecule has 2 aromatic carbocycles. The zero-order chi connectivity index (χ0) is 19.6. The molecule has 0 radical (unpaired) electrons. The molecule has 1 heterocycles. The summed E-state index contributed by atoms with van der Waals surface area (Å²) in [6, 6.07) is 16.7. The molecule has 2 aliphatic rings. The van der Waals surface area contributed by atoms with Gasteiger partial charge in [0.1, 0.15) is 6.54 Å². The average Bonchev–Trinajstić information content (AvgIpc) is 3.23. The van der Waals surface area contributed by atoms with Gasteiger partial charge < -0.3 is 10.1 Å². The van der Waals surface area contributed by atoms with Crippen LogP contribution in [-0.2, 0) is 24.5 Å². The Balaban J connectivity index is 1.49. The van der Waals surface area contributed by atoms with Gasteiger partial charge in [0.25, 0.3) is 5.91 Å². The maximum Gasteiger partial charge on any atom is 0.317 e. The number of hydrogen-bond donors (Lipinski definition) is 1. The monoisotopic (exact) mass is 378 g/mol. The Morgan fingerprint density at radius 1 is 1.00 bits per heavy atom. The fourth-order valence-electron chi connectivity index (χ4n) is 4.15. The predicted octanol–water partition coefficient (Wildman–Crippen LogP) is 3.03.